The fraction of sp³-hybridized carbons (Fsp3) is 0.538. The van der Waals surface area contributed by atoms with Gasteiger partial charge in [-0.2, -0.15) is 0 Å². The fourth-order valence-corrected chi connectivity index (χ4v) is 3.93. The number of sulfonamides is 1. The minimum absolute atomic E-state index is 0.297. The summed E-state index contributed by atoms with van der Waals surface area (Å²) < 4.78 is 27.5. The van der Waals surface area contributed by atoms with Crippen molar-refractivity contribution >= 4 is 26.0 Å². The van der Waals surface area contributed by atoms with Crippen molar-refractivity contribution in [3.63, 3.8) is 0 Å². The molecule has 0 amide bonds. The van der Waals surface area contributed by atoms with Gasteiger partial charge in [-0.3, -0.25) is 0 Å². The number of rotatable bonds is 7. The summed E-state index contributed by atoms with van der Waals surface area (Å²) in [6, 6.07) is 5.23. The third-order valence-electron chi connectivity index (χ3n) is 2.70. The maximum Gasteiger partial charge on any atom is 0.241 e. The van der Waals surface area contributed by atoms with Crippen LogP contribution in [0.5, 0.6) is 0 Å². The molecular weight excluding hydrogens is 328 g/mol. The van der Waals surface area contributed by atoms with E-state index in [0.29, 0.717) is 15.9 Å². The molecule has 0 bridgehead atoms. The van der Waals surface area contributed by atoms with Gasteiger partial charge in [-0.1, -0.05) is 6.07 Å². The lowest BCUT2D eigenvalue weighted by atomic mass is 10.2. The van der Waals surface area contributed by atoms with E-state index in [9.17, 15) is 8.42 Å². The maximum absolute atomic E-state index is 12.1. The van der Waals surface area contributed by atoms with Gasteiger partial charge in [0, 0.05) is 11.0 Å². The standard InChI is InChI=1S/C13H21BrN2O2S/c1-11-6-7-13(12(14)10-11)19(17,18)15-8-4-5-9-16(2)3/h6-7,10,15H,4-5,8-9H2,1-3H3. The van der Waals surface area contributed by atoms with Crippen molar-refractivity contribution in [3.8, 4) is 0 Å². The van der Waals surface area contributed by atoms with E-state index in [1.807, 2.05) is 21.0 Å². The van der Waals surface area contributed by atoms with Crippen molar-refractivity contribution < 1.29 is 8.42 Å². The van der Waals surface area contributed by atoms with Gasteiger partial charge in [0.05, 0.1) is 4.90 Å². The zero-order valence-electron chi connectivity index (χ0n) is 11.6. The Hall–Kier alpha value is -0.430. The minimum Gasteiger partial charge on any atom is -0.309 e. The zero-order chi connectivity index (χ0) is 14.5. The molecule has 0 unspecified atom stereocenters. The Labute approximate surface area is 124 Å². The first-order chi connectivity index (χ1) is 8.83. The first-order valence-corrected chi connectivity index (χ1v) is 8.51. The van der Waals surface area contributed by atoms with Gasteiger partial charge in [0.25, 0.3) is 0 Å². The summed E-state index contributed by atoms with van der Waals surface area (Å²) in [7, 11) is 0.596. The molecule has 0 aliphatic heterocycles. The highest BCUT2D eigenvalue weighted by molar-refractivity contribution is 9.10. The van der Waals surface area contributed by atoms with Crippen LogP contribution < -0.4 is 4.72 Å². The molecule has 0 heterocycles. The molecule has 4 nitrogen and oxygen atoms in total. The Kier molecular flexibility index (Phi) is 6.46. The molecule has 0 fully saturated rings. The van der Waals surface area contributed by atoms with E-state index in [4.69, 9.17) is 0 Å². The summed E-state index contributed by atoms with van der Waals surface area (Å²) in [5.41, 5.74) is 1.02. The maximum atomic E-state index is 12.1. The Morgan fingerprint density at radius 1 is 1.26 bits per heavy atom. The normalized spacial score (nSPS) is 12.1. The van der Waals surface area contributed by atoms with Crippen LogP contribution in [0.15, 0.2) is 27.6 Å². The highest BCUT2D eigenvalue weighted by atomic mass is 79.9. The summed E-state index contributed by atoms with van der Waals surface area (Å²) in [6.45, 7) is 3.36. The van der Waals surface area contributed by atoms with Gasteiger partial charge < -0.3 is 4.90 Å². The number of aryl methyl sites for hydroxylation is 1. The molecule has 0 aliphatic carbocycles. The lowest BCUT2D eigenvalue weighted by Crippen LogP contribution is -2.26. The average Bonchev–Trinajstić information content (AvgIpc) is 2.27. The van der Waals surface area contributed by atoms with Gasteiger partial charge in [0.15, 0.2) is 0 Å². The van der Waals surface area contributed by atoms with E-state index in [-0.39, 0.29) is 0 Å². The van der Waals surface area contributed by atoms with Crippen molar-refractivity contribution in [2.45, 2.75) is 24.7 Å². The second kappa shape index (κ2) is 7.38. The van der Waals surface area contributed by atoms with Gasteiger partial charge in [-0.15, -0.1) is 0 Å². The van der Waals surface area contributed by atoms with Gasteiger partial charge in [0.2, 0.25) is 10.0 Å². The number of halogens is 1. The van der Waals surface area contributed by atoms with E-state index >= 15 is 0 Å². The lowest BCUT2D eigenvalue weighted by Gasteiger charge is -2.11. The molecule has 1 aromatic carbocycles. The van der Waals surface area contributed by atoms with E-state index in [1.54, 1.807) is 18.2 Å². The Morgan fingerprint density at radius 2 is 1.95 bits per heavy atom. The quantitative estimate of drug-likeness (QED) is 0.769. The van der Waals surface area contributed by atoms with Crippen molar-refractivity contribution in [3.05, 3.63) is 28.2 Å². The van der Waals surface area contributed by atoms with Crippen LogP contribution in [-0.4, -0.2) is 40.5 Å². The summed E-state index contributed by atoms with van der Waals surface area (Å²) in [5.74, 6) is 0. The topological polar surface area (TPSA) is 49.4 Å². The molecule has 1 aromatic rings. The Balaban J connectivity index is 2.56. The van der Waals surface area contributed by atoms with Gasteiger partial charge in [0.1, 0.15) is 0 Å². The molecule has 1 rings (SSSR count). The third kappa shape index (κ3) is 5.60. The highest BCUT2D eigenvalue weighted by Gasteiger charge is 2.16. The first kappa shape index (κ1) is 16.6. The third-order valence-corrected chi connectivity index (χ3v) is 5.14. The summed E-state index contributed by atoms with van der Waals surface area (Å²) in [5, 5.41) is 0. The predicted octanol–water partition coefficient (Wildman–Crippen LogP) is 2.38. The number of nitrogens with one attached hydrogen (secondary N) is 1. The molecule has 1 N–H and O–H groups in total. The van der Waals surface area contributed by atoms with Crippen molar-refractivity contribution in [2.75, 3.05) is 27.2 Å². The van der Waals surface area contributed by atoms with E-state index < -0.39 is 10.0 Å². The van der Waals surface area contributed by atoms with Crippen molar-refractivity contribution in [1.29, 1.82) is 0 Å². The highest BCUT2D eigenvalue weighted by Crippen LogP contribution is 2.22. The summed E-state index contributed by atoms with van der Waals surface area (Å²) in [4.78, 5) is 2.39. The summed E-state index contributed by atoms with van der Waals surface area (Å²) >= 11 is 3.30. The van der Waals surface area contributed by atoms with Crippen LogP contribution in [0.3, 0.4) is 0 Å². The number of nitrogens with zero attached hydrogens (tertiary/aromatic N) is 1. The number of hydrogen-bond donors (Lipinski definition) is 1. The van der Waals surface area contributed by atoms with E-state index in [2.05, 4.69) is 25.6 Å². The molecule has 19 heavy (non-hydrogen) atoms. The molecule has 0 spiro atoms. The average molecular weight is 349 g/mol. The second-order valence-corrected chi connectivity index (χ2v) is 7.43. The van der Waals surface area contributed by atoms with E-state index in [1.165, 1.54) is 0 Å². The van der Waals surface area contributed by atoms with Gasteiger partial charge >= 0.3 is 0 Å². The van der Waals surface area contributed by atoms with Crippen LogP contribution in [0, 0.1) is 6.92 Å². The molecule has 6 heteroatoms. The van der Waals surface area contributed by atoms with Crippen LogP contribution in [0.2, 0.25) is 0 Å². The minimum atomic E-state index is -3.42. The SMILES string of the molecule is Cc1ccc(S(=O)(=O)NCCCCN(C)C)c(Br)c1. The zero-order valence-corrected chi connectivity index (χ0v) is 14.0. The predicted molar refractivity (Wildman–Crippen MR) is 81.9 cm³/mol. The van der Waals surface area contributed by atoms with Crippen LogP contribution in [-0.2, 0) is 10.0 Å². The number of benzene rings is 1. The summed E-state index contributed by atoms with van der Waals surface area (Å²) in [6.07, 6.45) is 1.81. The van der Waals surface area contributed by atoms with Crippen LogP contribution in [0.1, 0.15) is 18.4 Å². The number of hydrogen-bond acceptors (Lipinski definition) is 3. The Morgan fingerprint density at radius 3 is 2.53 bits per heavy atom. The van der Waals surface area contributed by atoms with Crippen molar-refractivity contribution in [2.24, 2.45) is 0 Å². The van der Waals surface area contributed by atoms with Gasteiger partial charge in [-0.25, -0.2) is 13.1 Å². The molecule has 108 valence electrons. The molecule has 0 aromatic heterocycles. The molecule has 0 saturated carbocycles. The fourth-order valence-electron chi connectivity index (χ4n) is 1.66. The molecular formula is C13H21BrN2O2S. The Bertz CT molecular complexity index is 515. The number of unbranched alkanes of at least 4 members (excludes halogenated alkanes) is 1. The molecule has 0 radical (unpaired) electrons. The first-order valence-electron chi connectivity index (χ1n) is 6.23. The lowest BCUT2D eigenvalue weighted by molar-refractivity contribution is 0.394. The van der Waals surface area contributed by atoms with Gasteiger partial charge in [-0.05, 0) is 74.0 Å². The van der Waals surface area contributed by atoms with Crippen LogP contribution in [0.4, 0.5) is 0 Å². The largest absolute Gasteiger partial charge is 0.309 e. The monoisotopic (exact) mass is 348 g/mol. The molecule has 0 saturated heterocycles. The van der Waals surface area contributed by atoms with Crippen LogP contribution in [0.25, 0.3) is 0 Å². The smallest absolute Gasteiger partial charge is 0.241 e. The van der Waals surface area contributed by atoms with E-state index in [0.717, 1.165) is 24.9 Å². The molecule has 0 atom stereocenters. The molecule has 0 aliphatic rings. The van der Waals surface area contributed by atoms with Crippen LogP contribution >= 0.6 is 15.9 Å². The van der Waals surface area contributed by atoms with Crippen molar-refractivity contribution in [1.82, 2.24) is 9.62 Å². The second-order valence-electron chi connectivity index (χ2n) is 4.84.